The van der Waals surface area contributed by atoms with Crippen LogP contribution in [0, 0.1) is 0 Å². The number of hydrogen-bond acceptors (Lipinski definition) is 6. The van der Waals surface area contributed by atoms with Crippen molar-refractivity contribution in [1.82, 2.24) is 15.0 Å². The normalized spacial score (nSPS) is 24.9. The van der Waals surface area contributed by atoms with Gasteiger partial charge in [0.2, 0.25) is 11.7 Å². The molecule has 132 valence electrons. The molecule has 0 bridgehead atoms. The summed E-state index contributed by atoms with van der Waals surface area (Å²) in [6.07, 6.45) is 1.43. The largest absolute Gasteiger partial charge is 0.363 e. The predicted octanol–water partition coefficient (Wildman–Crippen LogP) is 2.25. The molecule has 3 heterocycles. The van der Waals surface area contributed by atoms with Crippen LogP contribution in [0.4, 0.5) is 5.69 Å². The van der Waals surface area contributed by atoms with Gasteiger partial charge >= 0.3 is 0 Å². The first-order valence-electron chi connectivity index (χ1n) is 8.68. The van der Waals surface area contributed by atoms with Gasteiger partial charge in [0.05, 0.1) is 6.10 Å². The quantitative estimate of drug-likeness (QED) is 0.852. The monoisotopic (exact) mass is 342 g/mol. The SMILES string of the molecule is C[C@@H]1CN(C)C[C@H](c2nc(-c3cccc(N4CCCC4=O)c3)no2)O1. The maximum absolute atomic E-state index is 11.9. The summed E-state index contributed by atoms with van der Waals surface area (Å²) in [6, 6.07) is 7.72. The first kappa shape index (κ1) is 16.2. The second-order valence-corrected chi connectivity index (χ2v) is 6.81. The number of hydrogen-bond donors (Lipinski definition) is 0. The molecule has 1 aromatic heterocycles. The smallest absolute Gasteiger partial charge is 0.257 e. The third-order valence-electron chi connectivity index (χ3n) is 4.65. The Hall–Kier alpha value is -2.25. The number of carbonyl (C=O) groups excluding carboxylic acids is 1. The molecule has 2 aliphatic heterocycles. The third-order valence-corrected chi connectivity index (χ3v) is 4.65. The van der Waals surface area contributed by atoms with Crippen LogP contribution in [0.5, 0.6) is 0 Å². The van der Waals surface area contributed by atoms with Crippen molar-refractivity contribution < 1.29 is 14.1 Å². The molecular weight excluding hydrogens is 320 g/mol. The third kappa shape index (κ3) is 3.29. The summed E-state index contributed by atoms with van der Waals surface area (Å²) in [5.41, 5.74) is 1.72. The van der Waals surface area contributed by atoms with E-state index in [1.165, 1.54) is 0 Å². The molecule has 7 nitrogen and oxygen atoms in total. The van der Waals surface area contributed by atoms with E-state index in [9.17, 15) is 4.79 Å². The van der Waals surface area contributed by atoms with Gasteiger partial charge in [-0.3, -0.25) is 4.79 Å². The number of anilines is 1. The Morgan fingerprint density at radius 3 is 2.92 bits per heavy atom. The fraction of sp³-hybridized carbons (Fsp3) is 0.500. The van der Waals surface area contributed by atoms with Crippen molar-refractivity contribution >= 4 is 11.6 Å². The molecule has 0 saturated carbocycles. The average Bonchev–Trinajstić information content (AvgIpc) is 3.23. The Kier molecular flexibility index (Phi) is 4.27. The predicted molar refractivity (Wildman–Crippen MR) is 92.1 cm³/mol. The lowest BCUT2D eigenvalue weighted by Crippen LogP contribution is -2.40. The minimum Gasteiger partial charge on any atom is -0.363 e. The maximum atomic E-state index is 11.9. The second kappa shape index (κ2) is 6.57. The zero-order valence-electron chi connectivity index (χ0n) is 14.5. The molecule has 4 rings (SSSR count). The van der Waals surface area contributed by atoms with E-state index >= 15 is 0 Å². The van der Waals surface area contributed by atoms with Crippen LogP contribution in [-0.2, 0) is 9.53 Å². The highest BCUT2D eigenvalue weighted by Gasteiger charge is 2.29. The van der Waals surface area contributed by atoms with Crippen LogP contribution in [0.15, 0.2) is 28.8 Å². The number of morpholine rings is 1. The number of rotatable bonds is 3. The Balaban J connectivity index is 1.57. The van der Waals surface area contributed by atoms with E-state index in [-0.39, 0.29) is 18.1 Å². The van der Waals surface area contributed by atoms with Gasteiger partial charge in [0, 0.05) is 37.3 Å². The van der Waals surface area contributed by atoms with Crippen LogP contribution in [0.2, 0.25) is 0 Å². The first-order chi connectivity index (χ1) is 12.1. The minimum absolute atomic E-state index is 0.128. The number of ether oxygens (including phenoxy) is 1. The van der Waals surface area contributed by atoms with E-state index in [4.69, 9.17) is 9.26 Å². The van der Waals surface area contributed by atoms with Gasteiger partial charge < -0.3 is 19.1 Å². The van der Waals surface area contributed by atoms with Gasteiger partial charge in [0.15, 0.2) is 0 Å². The molecule has 2 atom stereocenters. The van der Waals surface area contributed by atoms with Crippen LogP contribution in [0.1, 0.15) is 31.8 Å². The molecule has 1 aromatic carbocycles. The average molecular weight is 342 g/mol. The Morgan fingerprint density at radius 2 is 2.16 bits per heavy atom. The summed E-state index contributed by atoms with van der Waals surface area (Å²) >= 11 is 0. The lowest BCUT2D eigenvalue weighted by molar-refractivity contribution is -0.117. The number of benzene rings is 1. The lowest BCUT2D eigenvalue weighted by Gasteiger charge is -2.32. The van der Waals surface area contributed by atoms with Crippen molar-refractivity contribution in [3.05, 3.63) is 30.2 Å². The van der Waals surface area contributed by atoms with Gasteiger partial charge in [-0.05, 0) is 32.5 Å². The van der Waals surface area contributed by atoms with Crippen LogP contribution in [-0.4, -0.2) is 53.7 Å². The summed E-state index contributed by atoms with van der Waals surface area (Å²) in [6.45, 7) is 4.42. The molecule has 0 aliphatic carbocycles. The van der Waals surface area contributed by atoms with Crippen molar-refractivity contribution in [3.63, 3.8) is 0 Å². The van der Waals surface area contributed by atoms with E-state index in [1.54, 1.807) is 0 Å². The van der Waals surface area contributed by atoms with Gasteiger partial charge in [0.25, 0.3) is 5.89 Å². The molecule has 0 spiro atoms. The fourth-order valence-corrected chi connectivity index (χ4v) is 3.52. The molecule has 1 amide bonds. The van der Waals surface area contributed by atoms with E-state index in [2.05, 4.69) is 22.1 Å². The standard InChI is InChI=1S/C18H22N4O3/c1-12-10-21(2)11-15(24-12)18-19-17(20-25-18)13-5-3-6-14(9-13)22-8-4-7-16(22)23/h3,5-6,9,12,15H,4,7-8,10-11H2,1-2H3/t12-,15-/m1/s1. The number of likely N-dealkylation sites (N-methyl/N-ethyl adjacent to an activating group) is 1. The highest BCUT2D eigenvalue weighted by molar-refractivity contribution is 5.95. The van der Waals surface area contributed by atoms with Crippen molar-refractivity contribution in [1.29, 1.82) is 0 Å². The topological polar surface area (TPSA) is 71.7 Å². The first-order valence-corrected chi connectivity index (χ1v) is 8.68. The van der Waals surface area contributed by atoms with Gasteiger partial charge in [-0.25, -0.2) is 0 Å². The summed E-state index contributed by atoms with van der Waals surface area (Å²) in [5, 5.41) is 4.11. The van der Waals surface area contributed by atoms with Crippen molar-refractivity contribution in [2.75, 3.05) is 31.6 Å². The molecule has 0 radical (unpaired) electrons. The van der Waals surface area contributed by atoms with Crippen molar-refractivity contribution in [2.24, 2.45) is 0 Å². The molecule has 0 unspecified atom stereocenters. The fourth-order valence-electron chi connectivity index (χ4n) is 3.52. The lowest BCUT2D eigenvalue weighted by atomic mass is 10.1. The molecule has 7 heteroatoms. The zero-order chi connectivity index (χ0) is 17.4. The molecular formula is C18H22N4O3. The number of aromatic nitrogens is 2. The molecule has 2 aromatic rings. The van der Waals surface area contributed by atoms with Gasteiger partial charge in [-0.1, -0.05) is 17.3 Å². The van der Waals surface area contributed by atoms with E-state index in [1.807, 2.05) is 36.1 Å². The summed E-state index contributed by atoms with van der Waals surface area (Å²) in [7, 11) is 2.06. The molecule has 25 heavy (non-hydrogen) atoms. The maximum Gasteiger partial charge on any atom is 0.257 e. The Labute approximate surface area is 146 Å². The van der Waals surface area contributed by atoms with E-state index < -0.39 is 0 Å². The van der Waals surface area contributed by atoms with E-state index in [0.29, 0.717) is 18.1 Å². The molecule has 0 N–H and O–H groups in total. The highest BCUT2D eigenvalue weighted by Crippen LogP contribution is 2.28. The molecule has 2 aliphatic rings. The highest BCUT2D eigenvalue weighted by atomic mass is 16.5. The van der Waals surface area contributed by atoms with Gasteiger partial charge in [-0.2, -0.15) is 4.98 Å². The van der Waals surface area contributed by atoms with Crippen LogP contribution in [0.3, 0.4) is 0 Å². The van der Waals surface area contributed by atoms with Crippen molar-refractivity contribution in [3.8, 4) is 11.4 Å². The minimum atomic E-state index is -0.210. The van der Waals surface area contributed by atoms with Crippen LogP contribution in [0.25, 0.3) is 11.4 Å². The molecule has 2 fully saturated rings. The number of nitrogens with zero attached hydrogens (tertiary/aromatic N) is 4. The molecule has 2 saturated heterocycles. The van der Waals surface area contributed by atoms with Crippen LogP contribution >= 0.6 is 0 Å². The number of amides is 1. The van der Waals surface area contributed by atoms with Gasteiger partial charge in [-0.15, -0.1) is 0 Å². The summed E-state index contributed by atoms with van der Waals surface area (Å²) in [4.78, 5) is 20.5. The Morgan fingerprint density at radius 1 is 1.28 bits per heavy atom. The number of carbonyl (C=O) groups is 1. The summed E-state index contributed by atoms with van der Waals surface area (Å²) < 4.78 is 11.4. The van der Waals surface area contributed by atoms with Crippen molar-refractivity contribution in [2.45, 2.75) is 32.0 Å². The Bertz CT molecular complexity index is 765. The van der Waals surface area contributed by atoms with Crippen LogP contribution < -0.4 is 4.90 Å². The summed E-state index contributed by atoms with van der Waals surface area (Å²) in [5.74, 6) is 1.18. The zero-order valence-corrected chi connectivity index (χ0v) is 14.5. The van der Waals surface area contributed by atoms with Gasteiger partial charge in [0.1, 0.15) is 6.10 Å². The van der Waals surface area contributed by atoms with E-state index in [0.717, 1.165) is 37.3 Å². The second-order valence-electron chi connectivity index (χ2n) is 6.81.